The highest BCUT2D eigenvalue weighted by Gasteiger charge is 2.31. The molecule has 2 N–H and O–H groups in total. The summed E-state index contributed by atoms with van der Waals surface area (Å²) < 4.78 is 20.3. The average molecular weight is 506 g/mol. The minimum Gasteiger partial charge on any atom is -0.455 e. The van der Waals surface area contributed by atoms with Gasteiger partial charge in [0.15, 0.2) is 5.75 Å². The van der Waals surface area contributed by atoms with Gasteiger partial charge in [-0.1, -0.05) is 6.07 Å². The molecule has 0 fully saturated rings. The van der Waals surface area contributed by atoms with Crippen molar-refractivity contribution in [2.24, 2.45) is 0 Å². The Hall–Kier alpha value is -3.91. The molecule has 37 heavy (non-hydrogen) atoms. The summed E-state index contributed by atoms with van der Waals surface area (Å²) in [5, 5.41) is 13.5. The summed E-state index contributed by atoms with van der Waals surface area (Å²) in [4.78, 5) is 29.0. The fourth-order valence-electron chi connectivity index (χ4n) is 4.47. The third-order valence-electron chi connectivity index (χ3n) is 6.41. The first-order valence-electron chi connectivity index (χ1n) is 12.2. The Bertz CT molecular complexity index is 1360. The van der Waals surface area contributed by atoms with Crippen molar-refractivity contribution in [2.75, 3.05) is 25.2 Å². The van der Waals surface area contributed by atoms with Gasteiger partial charge in [-0.3, -0.25) is 9.59 Å². The Morgan fingerprint density at radius 3 is 2.38 bits per heavy atom. The van der Waals surface area contributed by atoms with Gasteiger partial charge < -0.3 is 25.0 Å². The van der Waals surface area contributed by atoms with Crippen molar-refractivity contribution in [2.45, 2.75) is 40.2 Å². The zero-order valence-electron chi connectivity index (χ0n) is 22.0. The smallest absolute Gasteiger partial charge is 0.257 e. The van der Waals surface area contributed by atoms with E-state index in [1.54, 1.807) is 70.0 Å². The van der Waals surface area contributed by atoms with Gasteiger partial charge in [-0.05, 0) is 93.8 Å². The van der Waals surface area contributed by atoms with Crippen LogP contribution in [0, 0.1) is 19.7 Å². The van der Waals surface area contributed by atoms with E-state index in [0.717, 1.165) is 0 Å². The molecule has 0 spiro atoms. The van der Waals surface area contributed by atoms with Crippen LogP contribution in [0.2, 0.25) is 0 Å². The van der Waals surface area contributed by atoms with Crippen LogP contribution in [0.5, 0.6) is 11.5 Å². The number of fused-ring (bicyclic) bond motifs is 1. The summed E-state index contributed by atoms with van der Waals surface area (Å²) in [7, 11) is 1.69. The number of rotatable bonds is 6. The molecule has 0 bridgehead atoms. The number of halogens is 1. The van der Waals surface area contributed by atoms with Crippen molar-refractivity contribution in [3.63, 3.8) is 0 Å². The van der Waals surface area contributed by atoms with Gasteiger partial charge in [0.2, 0.25) is 0 Å². The third-order valence-corrected chi connectivity index (χ3v) is 6.41. The molecule has 0 saturated heterocycles. The molecule has 7 nitrogen and oxygen atoms in total. The van der Waals surface area contributed by atoms with Gasteiger partial charge in [0.1, 0.15) is 11.6 Å². The number of nitrogens with zero attached hydrogens (tertiary/aromatic N) is 2. The van der Waals surface area contributed by atoms with Crippen LogP contribution >= 0.6 is 0 Å². The van der Waals surface area contributed by atoms with Crippen LogP contribution in [-0.2, 0) is 5.60 Å². The zero-order valence-corrected chi connectivity index (χ0v) is 22.0. The van der Waals surface area contributed by atoms with E-state index in [0.29, 0.717) is 57.2 Å². The predicted octanol–water partition coefficient (Wildman–Crippen LogP) is 5.39. The highest BCUT2D eigenvalue weighted by atomic mass is 19.1. The molecule has 2 amide bonds. The van der Waals surface area contributed by atoms with Gasteiger partial charge >= 0.3 is 0 Å². The molecule has 4 rings (SSSR count). The van der Waals surface area contributed by atoms with Gasteiger partial charge in [0.25, 0.3) is 11.8 Å². The molecular weight excluding hydrogens is 473 g/mol. The molecule has 0 atom stereocenters. The molecule has 1 aliphatic rings. The number of aliphatic hydroxyl groups is 1. The number of ether oxygens (including phenoxy) is 1. The van der Waals surface area contributed by atoms with E-state index in [2.05, 4.69) is 5.32 Å². The summed E-state index contributed by atoms with van der Waals surface area (Å²) in [5.74, 6) is 0.212. The lowest BCUT2D eigenvalue weighted by Gasteiger charge is -2.37. The van der Waals surface area contributed by atoms with E-state index in [4.69, 9.17) is 4.74 Å². The maximum atomic E-state index is 13.9. The number of hydrogen-bond acceptors (Lipinski definition) is 5. The maximum Gasteiger partial charge on any atom is 0.257 e. The summed E-state index contributed by atoms with van der Waals surface area (Å²) >= 11 is 0. The molecule has 0 aliphatic carbocycles. The quantitative estimate of drug-likeness (QED) is 0.469. The highest BCUT2D eigenvalue weighted by molar-refractivity contribution is 6.06. The number of carbonyl (C=O) groups is 2. The predicted molar refractivity (Wildman–Crippen MR) is 141 cm³/mol. The second-order valence-electron chi connectivity index (χ2n) is 9.88. The second kappa shape index (κ2) is 9.86. The number of aryl methyl sites for hydroxylation is 2. The van der Waals surface area contributed by atoms with E-state index < -0.39 is 5.60 Å². The Kier molecular flexibility index (Phi) is 6.97. The number of anilines is 2. The van der Waals surface area contributed by atoms with Crippen LogP contribution in [-0.4, -0.2) is 42.1 Å². The van der Waals surface area contributed by atoms with Crippen molar-refractivity contribution in [3.8, 4) is 11.5 Å². The van der Waals surface area contributed by atoms with Crippen molar-refractivity contribution in [1.82, 2.24) is 10.2 Å². The van der Waals surface area contributed by atoms with Gasteiger partial charge in [0, 0.05) is 19.2 Å². The number of benzene rings is 3. The molecule has 3 aromatic carbocycles. The number of nitrogens with one attached hydrogen (secondary N) is 1. The normalized spacial score (nSPS) is 13.5. The molecular formula is C29H32FN3O4. The van der Waals surface area contributed by atoms with Crippen molar-refractivity contribution in [3.05, 3.63) is 82.2 Å². The molecule has 194 valence electrons. The standard InChI is InChI=1S/C29H32FN3O4/c1-7-31-27(34)19-8-10-23-22(14-19)28(35)32(6)16-33(23)24-15-20(29(4,5)36)9-11-25(24)37-26-17(2)12-21(30)13-18(26)3/h8-15,36H,7,16H2,1-6H3,(H,31,34). The number of amides is 2. The Labute approximate surface area is 216 Å². The van der Waals surface area contributed by atoms with Crippen LogP contribution in [0.15, 0.2) is 48.5 Å². The molecule has 1 aliphatic heterocycles. The van der Waals surface area contributed by atoms with Gasteiger partial charge in [-0.2, -0.15) is 0 Å². The third kappa shape index (κ3) is 5.15. The minimum absolute atomic E-state index is 0.205. The summed E-state index contributed by atoms with van der Waals surface area (Å²) in [5.41, 5.74) is 2.82. The van der Waals surface area contributed by atoms with E-state index in [-0.39, 0.29) is 24.3 Å². The molecule has 0 radical (unpaired) electrons. The Morgan fingerprint density at radius 1 is 1.08 bits per heavy atom. The van der Waals surface area contributed by atoms with Crippen LogP contribution in [0.4, 0.5) is 15.8 Å². The van der Waals surface area contributed by atoms with Crippen molar-refractivity contribution < 1.29 is 23.8 Å². The lowest BCUT2D eigenvalue weighted by atomic mass is 9.96. The highest BCUT2D eigenvalue weighted by Crippen LogP contribution is 2.43. The lowest BCUT2D eigenvalue weighted by Crippen LogP contribution is -2.42. The van der Waals surface area contributed by atoms with E-state index in [1.807, 2.05) is 17.9 Å². The maximum absolute atomic E-state index is 13.9. The number of hydrogen-bond donors (Lipinski definition) is 2. The zero-order chi connectivity index (χ0) is 27.1. The van der Waals surface area contributed by atoms with Gasteiger partial charge in [-0.15, -0.1) is 0 Å². The van der Waals surface area contributed by atoms with Crippen LogP contribution in [0.3, 0.4) is 0 Å². The van der Waals surface area contributed by atoms with Crippen LogP contribution in [0.1, 0.15) is 58.2 Å². The first kappa shape index (κ1) is 26.2. The summed E-state index contributed by atoms with van der Waals surface area (Å²) in [6.07, 6.45) is 0. The summed E-state index contributed by atoms with van der Waals surface area (Å²) in [6.45, 7) is 9.48. The monoisotopic (exact) mass is 505 g/mol. The van der Waals surface area contributed by atoms with Crippen molar-refractivity contribution in [1.29, 1.82) is 0 Å². The molecule has 0 aromatic heterocycles. The fourth-order valence-corrected chi connectivity index (χ4v) is 4.47. The fraction of sp³-hybridized carbons (Fsp3) is 0.310. The van der Waals surface area contributed by atoms with Crippen molar-refractivity contribution >= 4 is 23.2 Å². The molecule has 1 heterocycles. The second-order valence-corrected chi connectivity index (χ2v) is 9.88. The van der Waals surface area contributed by atoms with E-state index in [1.165, 1.54) is 12.1 Å². The molecule has 0 unspecified atom stereocenters. The van der Waals surface area contributed by atoms with E-state index in [9.17, 15) is 19.1 Å². The van der Waals surface area contributed by atoms with Crippen LogP contribution < -0.4 is 15.0 Å². The first-order valence-corrected chi connectivity index (χ1v) is 12.2. The summed E-state index contributed by atoms with van der Waals surface area (Å²) in [6, 6.07) is 13.2. The van der Waals surface area contributed by atoms with Gasteiger partial charge in [-0.25, -0.2) is 4.39 Å². The number of carbonyl (C=O) groups excluding carboxylic acids is 2. The first-order chi connectivity index (χ1) is 17.4. The SMILES string of the molecule is CCNC(=O)c1ccc2c(c1)C(=O)N(C)CN2c1cc(C(C)(C)O)ccc1Oc1c(C)cc(F)cc1C. The van der Waals surface area contributed by atoms with Gasteiger partial charge in [0.05, 0.1) is 29.2 Å². The topological polar surface area (TPSA) is 82.1 Å². The molecule has 3 aromatic rings. The Balaban J connectivity index is 1.88. The van der Waals surface area contributed by atoms with E-state index >= 15 is 0 Å². The largest absolute Gasteiger partial charge is 0.455 e. The minimum atomic E-state index is -1.13. The van der Waals surface area contributed by atoms with Crippen LogP contribution in [0.25, 0.3) is 0 Å². The molecule has 8 heteroatoms. The molecule has 0 saturated carbocycles. The lowest BCUT2D eigenvalue weighted by molar-refractivity contribution is 0.0774. The average Bonchev–Trinajstić information content (AvgIpc) is 2.83. The Morgan fingerprint density at radius 2 is 1.76 bits per heavy atom.